The Morgan fingerprint density at radius 3 is 2.06 bits per heavy atom. The minimum atomic E-state index is 0.750. The van der Waals surface area contributed by atoms with Crippen molar-refractivity contribution in [2.24, 2.45) is 0 Å². The van der Waals surface area contributed by atoms with E-state index in [1.807, 2.05) is 0 Å². The zero-order valence-electron chi connectivity index (χ0n) is 10.1. The molecule has 0 amide bonds. The van der Waals surface area contributed by atoms with E-state index in [0.717, 1.165) is 12.2 Å². The summed E-state index contributed by atoms with van der Waals surface area (Å²) in [6.07, 6.45) is 9.03. The van der Waals surface area contributed by atoms with Crippen LogP contribution in [0.1, 0.15) is 24.8 Å². The maximum Gasteiger partial charge on any atom is 0.231 e. The number of rotatable bonds is 2. The van der Waals surface area contributed by atoms with Gasteiger partial charge in [-0.25, -0.2) is 20.4 Å². The highest BCUT2D eigenvalue weighted by molar-refractivity contribution is 5.26. The number of hydrogen-bond acceptors (Lipinski definition) is 4. The van der Waals surface area contributed by atoms with Crippen molar-refractivity contribution in [2.45, 2.75) is 25.7 Å². The summed E-state index contributed by atoms with van der Waals surface area (Å²) in [5, 5.41) is 10.8. The quantitative estimate of drug-likeness (QED) is 0.476. The lowest BCUT2D eigenvalue weighted by atomic mass is 10.1. The lowest BCUT2D eigenvalue weighted by molar-refractivity contribution is 0.562. The predicted molar refractivity (Wildman–Crippen MR) is 68.9 cm³/mol. The lowest BCUT2D eigenvalue weighted by Gasteiger charge is -2.00. The zero-order chi connectivity index (χ0) is 13.6. The topological polar surface area (TPSA) is 81.8 Å². The van der Waals surface area contributed by atoms with Gasteiger partial charge in [0, 0.05) is 0 Å². The van der Waals surface area contributed by atoms with E-state index in [1.165, 1.54) is 31.2 Å². The first kappa shape index (κ1) is 15.7. The molecule has 0 saturated heterocycles. The van der Waals surface area contributed by atoms with Crippen molar-refractivity contribution in [3.05, 3.63) is 47.5 Å². The monoisotopic (exact) mass is 244 g/mol. The van der Waals surface area contributed by atoms with E-state index in [9.17, 15) is 0 Å². The van der Waals surface area contributed by atoms with Gasteiger partial charge in [-0.15, -0.1) is 0 Å². The highest BCUT2D eigenvalue weighted by atomic mass is 16.1. The summed E-state index contributed by atoms with van der Waals surface area (Å²) in [7, 11) is 0. The third kappa shape index (κ3) is 7.94. The molecular formula is C14H16N2O2. The van der Waals surface area contributed by atoms with Crippen LogP contribution < -0.4 is 0 Å². The normalized spacial score (nSPS) is 11.7. The van der Waals surface area contributed by atoms with Crippen LogP contribution in [0.4, 0.5) is 0 Å². The SMILES string of the molecule is C1=C(Cc2ccccc2)CCC1.N=C=O.N=C=O. The van der Waals surface area contributed by atoms with Crippen molar-refractivity contribution in [1.29, 1.82) is 10.8 Å². The van der Waals surface area contributed by atoms with Gasteiger partial charge in [-0.2, -0.15) is 0 Å². The van der Waals surface area contributed by atoms with Crippen LogP contribution in [0.3, 0.4) is 0 Å². The molecular weight excluding hydrogens is 228 g/mol. The summed E-state index contributed by atoms with van der Waals surface area (Å²) in [6.45, 7) is 0. The zero-order valence-corrected chi connectivity index (χ0v) is 10.1. The second-order valence-electron chi connectivity index (χ2n) is 3.62. The van der Waals surface area contributed by atoms with Gasteiger partial charge in [-0.05, 0) is 31.2 Å². The number of allylic oxidation sites excluding steroid dienone is 2. The number of isocyanates is 2. The van der Waals surface area contributed by atoms with E-state index in [1.54, 1.807) is 5.57 Å². The van der Waals surface area contributed by atoms with Gasteiger partial charge in [0.1, 0.15) is 0 Å². The van der Waals surface area contributed by atoms with Gasteiger partial charge in [0.15, 0.2) is 0 Å². The second-order valence-corrected chi connectivity index (χ2v) is 3.62. The maximum absolute atomic E-state index is 8.35. The van der Waals surface area contributed by atoms with Crippen LogP contribution in [0.5, 0.6) is 0 Å². The molecule has 0 aromatic heterocycles. The predicted octanol–water partition coefficient (Wildman–Crippen LogP) is 3.14. The second kappa shape index (κ2) is 11.2. The number of nitrogens with one attached hydrogen (secondary N) is 2. The highest BCUT2D eigenvalue weighted by Gasteiger charge is 2.04. The van der Waals surface area contributed by atoms with Crippen LogP contribution in [0.25, 0.3) is 0 Å². The Labute approximate surface area is 106 Å². The molecule has 2 rings (SSSR count). The van der Waals surface area contributed by atoms with E-state index in [-0.39, 0.29) is 0 Å². The van der Waals surface area contributed by atoms with E-state index in [4.69, 9.17) is 20.4 Å². The Kier molecular flexibility index (Phi) is 9.79. The van der Waals surface area contributed by atoms with Crippen molar-refractivity contribution in [1.82, 2.24) is 0 Å². The molecule has 18 heavy (non-hydrogen) atoms. The maximum atomic E-state index is 8.35. The smallest absolute Gasteiger partial charge is 0.222 e. The molecule has 0 aliphatic heterocycles. The Morgan fingerprint density at radius 2 is 1.61 bits per heavy atom. The molecule has 4 heteroatoms. The van der Waals surface area contributed by atoms with Gasteiger partial charge in [0.2, 0.25) is 12.2 Å². The van der Waals surface area contributed by atoms with Crippen LogP contribution in [-0.2, 0) is 16.0 Å². The molecule has 4 nitrogen and oxygen atoms in total. The van der Waals surface area contributed by atoms with Gasteiger partial charge >= 0.3 is 0 Å². The molecule has 0 fully saturated rings. The highest BCUT2D eigenvalue weighted by Crippen LogP contribution is 2.21. The van der Waals surface area contributed by atoms with Crippen molar-refractivity contribution in [2.75, 3.05) is 0 Å². The fourth-order valence-corrected chi connectivity index (χ4v) is 1.76. The molecule has 94 valence electrons. The van der Waals surface area contributed by atoms with Crippen LogP contribution in [0.2, 0.25) is 0 Å². The van der Waals surface area contributed by atoms with Crippen LogP contribution in [0.15, 0.2) is 42.0 Å². The largest absolute Gasteiger partial charge is 0.231 e. The van der Waals surface area contributed by atoms with Gasteiger partial charge in [-0.3, -0.25) is 0 Å². The molecule has 0 heterocycles. The molecule has 0 bridgehead atoms. The molecule has 0 atom stereocenters. The molecule has 1 aromatic carbocycles. The minimum Gasteiger partial charge on any atom is -0.222 e. The van der Waals surface area contributed by atoms with Crippen molar-refractivity contribution < 1.29 is 9.59 Å². The van der Waals surface area contributed by atoms with Crippen molar-refractivity contribution in [3.63, 3.8) is 0 Å². The third-order valence-electron chi connectivity index (χ3n) is 2.41. The average molecular weight is 244 g/mol. The summed E-state index contributed by atoms with van der Waals surface area (Å²) in [5.74, 6) is 0. The van der Waals surface area contributed by atoms with E-state index < -0.39 is 0 Å². The van der Waals surface area contributed by atoms with Crippen molar-refractivity contribution >= 4 is 12.2 Å². The Hall–Kier alpha value is -2.28. The third-order valence-corrected chi connectivity index (χ3v) is 2.41. The van der Waals surface area contributed by atoms with E-state index >= 15 is 0 Å². The summed E-state index contributed by atoms with van der Waals surface area (Å²) in [6, 6.07) is 10.7. The number of hydrogen-bond donors (Lipinski definition) is 2. The van der Waals surface area contributed by atoms with Gasteiger partial charge in [-0.1, -0.05) is 42.0 Å². The first-order valence-electron chi connectivity index (χ1n) is 5.58. The Bertz CT molecular complexity index is 414. The standard InChI is InChI=1S/C12H14.2CHNO/c1-2-6-11(7-3-1)10-12-8-4-5-9-12;2*2-1-3/h1-3,6-8H,4-5,9-10H2;2*2H. The van der Waals surface area contributed by atoms with Gasteiger partial charge in [0.25, 0.3) is 0 Å². The fourth-order valence-electron chi connectivity index (χ4n) is 1.76. The number of carbonyl (C=O) groups excluding carboxylic acids is 2. The lowest BCUT2D eigenvalue weighted by Crippen LogP contribution is -1.86. The molecule has 2 N–H and O–H groups in total. The Morgan fingerprint density at radius 1 is 1.06 bits per heavy atom. The molecule has 1 aromatic rings. The first-order chi connectivity index (χ1) is 8.78. The average Bonchev–Trinajstić information content (AvgIpc) is 2.85. The van der Waals surface area contributed by atoms with E-state index in [0.29, 0.717) is 0 Å². The van der Waals surface area contributed by atoms with Gasteiger partial charge < -0.3 is 0 Å². The van der Waals surface area contributed by atoms with Crippen molar-refractivity contribution in [3.8, 4) is 0 Å². The van der Waals surface area contributed by atoms with Crippen LogP contribution in [-0.4, -0.2) is 12.2 Å². The van der Waals surface area contributed by atoms with Gasteiger partial charge in [0.05, 0.1) is 0 Å². The van der Waals surface area contributed by atoms with E-state index in [2.05, 4.69) is 36.4 Å². The molecule has 0 radical (unpaired) electrons. The van der Waals surface area contributed by atoms with Crippen LogP contribution >= 0.6 is 0 Å². The summed E-state index contributed by atoms with van der Waals surface area (Å²) < 4.78 is 0. The molecule has 1 aliphatic rings. The minimum absolute atomic E-state index is 0.750. The summed E-state index contributed by atoms with van der Waals surface area (Å²) >= 11 is 0. The van der Waals surface area contributed by atoms with Crippen LogP contribution in [0, 0.1) is 10.8 Å². The number of benzene rings is 1. The Balaban J connectivity index is 0.000000414. The molecule has 1 aliphatic carbocycles. The molecule has 0 unspecified atom stereocenters. The summed E-state index contributed by atoms with van der Waals surface area (Å²) in [5.41, 5.74) is 3.08. The fraction of sp³-hybridized carbons (Fsp3) is 0.286. The molecule has 0 spiro atoms. The first-order valence-corrected chi connectivity index (χ1v) is 5.58. The summed E-state index contributed by atoms with van der Waals surface area (Å²) in [4.78, 5) is 16.7. The molecule has 0 saturated carbocycles.